The lowest BCUT2D eigenvalue weighted by Crippen LogP contribution is -2.15. The van der Waals surface area contributed by atoms with E-state index in [1.165, 1.54) is 24.5 Å². The summed E-state index contributed by atoms with van der Waals surface area (Å²) in [5, 5.41) is 32.1. The summed E-state index contributed by atoms with van der Waals surface area (Å²) in [5.41, 5.74) is 2.93. The van der Waals surface area contributed by atoms with E-state index in [4.69, 9.17) is 9.47 Å². The number of anilines is 2. The standard InChI is InChI=1S/C27H37N7O5/c1-5-38-14-9-13-28-26-31-24-23(19(2)3)18-30-33(24)27(32-26)29-17-20(4)10-6-7-15-39-25(35)21-11-8-12-22(16-21)34(36)37/h7-8,11-12,15-16,18-19,25,35H,4-6,9-10,13-14,17H2,1-3H3,(H2,28,29,31,32)/b15-7+. The van der Waals surface area contributed by atoms with Gasteiger partial charge in [0, 0.05) is 49.6 Å². The molecule has 3 aromatic rings. The number of nitro benzene ring substituents is 1. The van der Waals surface area contributed by atoms with Crippen molar-refractivity contribution in [2.24, 2.45) is 0 Å². The Morgan fingerprint density at radius 2 is 2.13 bits per heavy atom. The van der Waals surface area contributed by atoms with Crippen LogP contribution in [0.3, 0.4) is 0 Å². The smallest absolute Gasteiger partial charge is 0.269 e. The van der Waals surface area contributed by atoms with E-state index in [0.717, 1.165) is 23.2 Å². The minimum absolute atomic E-state index is 0.107. The van der Waals surface area contributed by atoms with Crippen LogP contribution in [0.1, 0.15) is 63.4 Å². The predicted molar refractivity (Wildman–Crippen MR) is 150 cm³/mol. The SMILES string of the molecule is C=C(CC/C=C/OC(O)c1cccc([N+](=O)[O-])c1)CNc1nc(NCCCOCC)nc2c(C(C)C)cnn12. The number of nitro groups is 1. The number of hydrogen-bond donors (Lipinski definition) is 3. The number of aliphatic hydroxyl groups is 1. The molecule has 39 heavy (non-hydrogen) atoms. The van der Waals surface area contributed by atoms with Gasteiger partial charge in [-0.3, -0.25) is 10.1 Å². The molecule has 0 saturated carbocycles. The van der Waals surface area contributed by atoms with Crippen molar-refractivity contribution in [3.63, 3.8) is 0 Å². The minimum atomic E-state index is -1.29. The van der Waals surface area contributed by atoms with Gasteiger partial charge in [-0.25, -0.2) is 0 Å². The molecule has 12 nitrogen and oxygen atoms in total. The topological polar surface area (TPSA) is 149 Å². The first-order chi connectivity index (χ1) is 18.8. The Kier molecular flexibility index (Phi) is 11.2. The van der Waals surface area contributed by atoms with Crippen molar-refractivity contribution in [3.05, 3.63) is 76.2 Å². The number of nitrogens with zero attached hydrogens (tertiary/aromatic N) is 5. The summed E-state index contributed by atoms with van der Waals surface area (Å²) in [6.45, 7) is 12.9. The Hall–Kier alpha value is -4.03. The second-order valence-corrected chi connectivity index (χ2v) is 9.19. The molecular weight excluding hydrogens is 502 g/mol. The molecule has 3 rings (SSSR count). The molecule has 0 aliphatic carbocycles. The summed E-state index contributed by atoms with van der Waals surface area (Å²) in [6.07, 6.45) is 5.83. The lowest BCUT2D eigenvalue weighted by Gasteiger charge is -2.12. The van der Waals surface area contributed by atoms with E-state index in [2.05, 4.69) is 46.1 Å². The first-order valence-electron chi connectivity index (χ1n) is 13.0. The monoisotopic (exact) mass is 539 g/mol. The molecule has 1 aromatic carbocycles. The highest BCUT2D eigenvalue weighted by atomic mass is 16.6. The number of allylic oxidation sites excluding steroid dienone is 1. The van der Waals surface area contributed by atoms with Gasteiger partial charge in [-0.1, -0.05) is 38.1 Å². The fraction of sp³-hybridized carbons (Fsp3) is 0.444. The summed E-state index contributed by atoms with van der Waals surface area (Å²) in [5.74, 6) is 1.35. The van der Waals surface area contributed by atoms with Crippen molar-refractivity contribution in [3.8, 4) is 0 Å². The third-order valence-corrected chi connectivity index (χ3v) is 5.80. The highest BCUT2D eigenvalue weighted by Gasteiger charge is 2.15. The van der Waals surface area contributed by atoms with E-state index in [0.29, 0.717) is 56.6 Å². The Morgan fingerprint density at radius 3 is 2.87 bits per heavy atom. The largest absolute Gasteiger partial charge is 0.469 e. The summed E-state index contributed by atoms with van der Waals surface area (Å²) in [4.78, 5) is 19.7. The van der Waals surface area contributed by atoms with E-state index in [-0.39, 0.29) is 11.6 Å². The van der Waals surface area contributed by atoms with Crippen LogP contribution in [0, 0.1) is 10.1 Å². The van der Waals surface area contributed by atoms with Gasteiger partial charge in [0.15, 0.2) is 5.65 Å². The summed E-state index contributed by atoms with van der Waals surface area (Å²) < 4.78 is 12.4. The predicted octanol–water partition coefficient (Wildman–Crippen LogP) is 4.96. The molecular formula is C27H37N7O5. The lowest BCUT2D eigenvalue weighted by molar-refractivity contribution is -0.385. The van der Waals surface area contributed by atoms with Crippen molar-refractivity contribution in [1.82, 2.24) is 19.6 Å². The van der Waals surface area contributed by atoms with Crippen LogP contribution in [0.25, 0.3) is 5.65 Å². The van der Waals surface area contributed by atoms with Gasteiger partial charge in [0.2, 0.25) is 18.2 Å². The van der Waals surface area contributed by atoms with E-state index in [1.807, 2.05) is 13.1 Å². The number of ether oxygens (including phenoxy) is 2. The number of benzene rings is 1. The van der Waals surface area contributed by atoms with Crippen molar-refractivity contribution in [2.75, 3.05) is 36.9 Å². The van der Waals surface area contributed by atoms with Gasteiger partial charge in [0.25, 0.3) is 5.69 Å². The number of fused-ring (bicyclic) bond motifs is 1. The van der Waals surface area contributed by atoms with Crippen molar-refractivity contribution in [1.29, 1.82) is 0 Å². The zero-order chi connectivity index (χ0) is 28.2. The number of aliphatic hydroxyl groups excluding tert-OH is 1. The maximum Gasteiger partial charge on any atom is 0.269 e. The molecule has 0 aliphatic heterocycles. The van der Waals surface area contributed by atoms with Gasteiger partial charge in [0.05, 0.1) is 17.4 Å². The number of nitrogens with one attached hydrogen (secondary N) is 2. The van der Waals surface area contributed by atoms with E-state index in [9.17, 15) is 15.2 Å². The lowest BCUT2D eigenvalue weighted by atomic mass is 10.1. The normalized spacial score (nSPS) is 12.2. The van der Waals surface area contributed by atoms with Crippen LogP contribution in [0.5, 0.6) is 0 Å². The highest BCUT2D eigenvalue weighted by Crippen LogP contribution is 2.23. The summed E-state index contributed by atoms with van der Waals surface area (Å²) in [7, 11) is 0. The third-order valence-electron chi connectivity index (χ3n) is 5.80. The molecule has 1 unspecified atom stereocenters. The van der Waals surface area contributed by atoms with E-state index in [1.54, 1.807) is 16.7 Å². The fourth-order valence-electron chi connectivity index (χ4n) is 3.66. The van der Waals surface area contributed by atoms with Crippen LogP contribution < -0.4 is 10.6 Å². The van der Waals surface area contributed by atoms with Gasteiger partial charge in [-0.2, -0.15) is 19.6 Å². The molecule has 0 amide bonds. The second-order valence-electron chi connectivity index (χ2n) is 9.19. The van der Waals surface area contributed by atoms with Gasteiger partial charge in [0.1, 0.15) is 0 Å². The van der Waals surface area contributed by atoms with Crippen LogP contribution in [0.15, 0.2) is 55.0 Å². The first-order valence-corrected chi connectivity index (χ1v) is 13.0. The van der Waals surface area contributed by atoms with Crippen molar-refractivity contribution >= 4 is 23.2 Å². The zero-order valence-electron chi connectivity index (χ0n) is 22.7. The Morgan fingerprint density at radius 1 is 1.31 bits per heavy atom. The third kappa shape index (κ3) is 8.76. The molecule has 0 spiro atoms. The maximum absolute atomic E-state index is 10.9. The van der Waals surface area contributed by atoms with Crippen LogP contribution in [0.4, 0.5) is 17.6 Å². The molecule has 0 bridgehead atoms. The van der Waals surface area contributed by atoms with Gasteiger partial charge >= 0.3 is 0 Å². The quantitative estimate of drug-likeness (QED) is 0.0536. The Balaban J connectivity index is 1.53. The summed E-state index contributed by atoms with van der Waals surface area (Å²) in [6, 6.07) is 5.70. The molecule has 1 atom stereocenters. The molecule has 2 aromatic heterocycles. The van der Waals surface area contributed by atoms with Crippen LogP contribution in [-0.2, 0) is 9.47 Å². The number of rotatable bonds is 17. The van der Waals surface area contributed by atoms with Crippen molar-refractivity contribution in [2.45, 2.75) is 52.2 Å². The molecule has 12 heteroatoms. The first kappa shape index (κ1) is 29.5. The number of aromatic nitrogens is 4. The average molecular weight is 540 g/mol. The van der Waals surface area contributed by atoms with Crippen molar-refractivity contribution < 1.29 is 19.5 Å². The van der Waals surface area contributed by atoms with Gasteiger partial charge in [-0.15, -0.1) is 0 Å². The molecule has 210 valence electrons. The Bertz CT molecular complexity index is 1270. The van der Waals surface area contributed by atoms with Gasteiger partial charge < -0.3 is 25.2 Å². The molecule has 0 radical (unpaired) electrons. The number of hydrogen-bond acceptors (Lipinski definition) is 10. The minimum Gasteiger partial charge on any atom is -0.469 e. The summed E-state index contributed by atoms with van der Waals surface area (Å²) >= 11 is 0. The zero-order valence-corrected chi connectivity index (χ0v) is 22.7. The number of non-ortho nitro benzene ring substituents is 1. The van der Waals surface area contributed by atoms with Crippen LogP contribution >= 0.6 is 0 Å². The molecule has 0 saturated heterocycles. The highest BCUT2D eigenvalue weighted by molar-refractivity contribution is 5.55. The van der Waals surface area contributed by atoms with Crippen LogP contribution in [0.2, 0.25) is 0 Å². The Labute approximate surface area is 227 Å². The molecule has 0 aliphatic rings. The fourth-order valence-corrected chi connectivity index (χ4v) is 3.66. The van der Waals surface area contributed by atoms with E-state index < -0.39 is 11.2 Å². The maximum atomic E-state index is 10.9. The van der Waals surface area contributed by atoms with E-state index >= 15 is 0 Å². The molecule has 3 N–H and O–H groups in total. The molecule has 0 fully saturated rings. The van der Waals surface area contributed by atoms with Gasteiger partial charge in [-0.05, 0) is 38.2 Å². The molecule has 2 heterocycles. The average Bonchev–Trinajstić information content (AvgIpc) is 3.36. The van der Waals surface area contributed by atoms with Crippen LogP contribution in [-0.4, -0.2) is 55.9 Å². The second kappa shape index (κ2) is 14.8.